The van der Waals surface area contributed by atoms with Crippen molar-refractivity contribution in [3.05, 3.63) is 113 Å². The number of nitriles is 1. The van der Waals surface area contributed by atoms with Crippen molar-refractivity contribution >= 4 is 38.9 Å². The number of thiophene rings is 1. The van der Waals surface area contributed by atoms with Crippen LogP contribution in [0.1, 0.15) is 51.8 Å². The van der Waals surface area contributed by atoms with Crippen LogP contribution in [0.15, 0.2) is 85.6 Å². The second-order valence-electron chi connectivity index (χ2n) is 9.91. The number of nitrogens with zero attached hydrogens (tertiary/aromatic N) is 4. The van der Waals surface area contributed by atoms with Crippen molar-refractivity contribution in [2.24, 2.45) is 5.92 Å². The number of aromatic nitrogens is 3. The molecule has 0 bridgehead atoms. The van der Waals surface area contributed by atoms with Crippen molar-refractivity contribution in [3.63, 3.8) is 0 Å². The number of rotatable bonds is 11. The number of amides is 2. The van der Waals surface area contributed by atoms with Gasteiger partial charge in [-0.25, -0.2) is 4.98 Å². The minimum atomic E-state index is -0.219. The van der Waals surface area contributed by atoms with E-state index in [2.05, 4.69) is 38.2 Å². The summed E-state index contributed by atoms with van der Waals surface area (Å²) in [5.41, 5.74) is 4.31. The molecule has 8 nitrogen and oxygen atoms in total. The molecule has 2 aromatic carbocycles. The van der Waals surface area contributed by atoms with Crippen molar-refractivity contribution < 1.29 is 9.59 Å². The van der Waals surface area contributed by atoms with E-state index < -0.39 is 0 Å². The molecular formula is C32H30N6O2S. The molecule has 2 amide bonds. The Morgan fingerprint density at radius 1 is 1.05 bits per heavy atom. The van der Waals surface area contributed by atoms with Crippen LogP contribution in [0.25, 0.3) is 10.1 Å². The number of hydrogen-bond acceptors (Lipinski definition) is 6. The number of benzene rings is 2. The molecule has 1 unspecified atom stereocenters. The van der Waals surface area contributed by atoms with E-state index in [1.54, 1.807) is 30.9 Å². The van der Waals surface area contributed by atoms with Gasteiger partial charge in [0.1, 0.15) is 0 Å². The van der Waals surface area contributed by atoms with Crippen LogP contribution in [0.4, 0.5) is 5.69 Å². The highest BCUT2D eigenvalue weighted by Gasteiger charge is 2.21. The second kappa shape index (κ2) is 13.0. The smallest absolute Gasteiger partial charge is 0.261 e. The summed E-state index contributed by atoms with van der Waals surface area (Å²) < 4.78 is 3.03. The van der Waals surface area contributed by atoms with Gasteiger partial charge in [0.25, 0.3) is 5.91 Å². The lowest BCUT2D eigenvalue weighted by atomic mass is 9.96. The van der Waals surface area contributed by atoms with E-state index in [0.29, 0.717) is 35.6 Å². The van der Waals surface area contributed by atoms with E-state index in [9.17, 15) is 9.59 Å². The van der Waals surface area contributed by atoms with Crippen LogP contribution in [0.3, 0.4) is 0 Å². The molecule has 206 valence electrons. The van der Waals surface area contributed by atoms with Crippen LogP contribution in [0.5, 0.6) is 0 Å². The van der Waals surface area contributed by atoms with Gasteiger partial charge in [0.05, 0.1) is 22.8 Å². The van der Waals surface area contributed by atoms with Crippen molar-refractivity contribution in [2.45, 2.75) is 39.3 Å². The first-order valence-corrected chi connectivity index (χ1v) is 14.3. The highest BCUT2D eigenvalue weighted by Crippen LogP contribution is 2.29. The van der Waals surface area contributed by atoms with Crippen molar-refractivity contribution in [1.82, 2.24) is 19.9 Å². The topological polar surface area (TPSA) is 113 Å². The third kappa shape index (κ3) is 7.04. The van der Waals surface area contributed by atoms with Gasteiger partial charge in [-0.05, 0) is 65.4 Å². The molecule has 0 fully saturated rings. The van der Waals surface area contributed by atoms with E-state index in [1.807, 2.05) is 54.7 Å². The zero-order valence-corrected chi connectivity index (χ0v) is 23.5. The van der Waals surface area contributed by atoms with Gasteiger partial charge in [-0.1, -0.05) is 31.5 Å². The number of carbonyl (C=O) groups is 2. The van der Waals surface area contributed by atoms with Gasteiger partial charge in [-0.15, -0.1) is 11.3 Å². The van der Waals surface area contributed by atoms with E-state index in [1.165, 1.54) is 11.3 Å². The van der Waals surface area contributed by atoms with Crippen LogP contribution in [-0.4, -0.2) is 26.3 Å². The molecule has 0 aliphatic heterocycles. The Labute approximate surface area is 242 Å². The molecule has 0 aliphatic carbocycles. The molecule has 0 aliphatic rings. The first-order valence-electron chi connectivity index (χ1n) is 13.5. The number of nitrogens with one attached hydrogen (secondary N) is 2. The van der Waals surface area contributed by atoms with E-state index in [-0.39, 0.29) is 17.7 Å². The average Bonchev–Trinajstić information content (AvgIpc) is 3.63. The monoisotopic (exact) mass is 562 g/mol. The predicted molar refractivity (Wildman–Crippen MR) is 160 cm³/mol. The maximum Gasteiger partial charge on any atom is 0.261 e. The van der Waals surface area contributed by atoms with Crippen LogP contribution < -0.4 is 10.6 Å². The third-order valence-corrected chi connectivity index (χ3v) is 8.00. The molecule has 0 spiro atoms. The van der Waals surface area contributed by atoms with Crippen molar-refractivity contribution in [2.75, 3.05) is 5.32 Å². The number of hydrogen-bond donors (Lipinski definition) is 2. The number of pyridine rings is 1. The maximum atomic E-state index is 13.4. The minimum absolute atomic E-state index is 0.0398. The molecule has 2 N–H and O–H groups in total. The predicted octanol–water partition coefficient (Wildman–Crippen LogP) is 5.94. The molecule has 41 heavy (non-hydrogen) atoms. The summed E-state index contributed by atoms with van der Waals surface area (Å²) in [6, 6.07) is 21.0. The van der Waals surface area contributed by atoms with Gasteiger partial charge in [0.2, 0.25) is 5.91 Å². The number of carbonyl (C=O) groups excluding carboxylic acids is 2. The molecule has 1 atom stereocenters. The summed E-state index contributed by atoms with van der Waals surface area (Å²) >= 11 is 1.42. The minimum Gasteiger partial charge on any atom is -0.347 e. The van der Waals surface area contributed by atoms with Gasteiger partial charge in [-0.3, -0.25) is 14.6 Å². The zero-order valence-electron chi connectivity index (χ0n) is 22.7. The number of anilines is 1. The normalized spacial score (nSPS) is 11.6. The van der Waals surface area contributed by atoms with Gasteiger partial charge < -0.3 is 15.2 Å². The lowest BCUT2D eigenvalue weighted by Gasteiger charge is -2.17. The summed E-state index contributed by atoms with van der Waals surface area (Å²) in [6.07, 6.45) is 9.22. The molecule has 5 aromatic rings. The summed E-state index contributed by atoms with van der Waals surface area (Å²) in [5, 5.41) is 16.0. The SMILES string of the molecule is CCCC(Cc1cncn1Cc1ccc(C#N)cc1)C(=O)Nc1ccc2sc(C(=O)NCc3cccnc3)cc2c1. The Hall–Kier alpha value is -4.81. The van der Waals surface area contributed by atoms with Crippen molar-refractivity contribution in [3.8, 4) is 6.07 Å². The van der Waals surface area contributed by atoms with E-state index in [0.717, 1.165) is 39.7 Å². The quantitative estimate of drug-likeness (QED) is 0.207. The number of fused-ring (bicyclic) bond motifs is 1. The Bertz CT molecular complexity index is 1690. The summed E-state index contributed by atoms with van der Waals surface area (Å²) in [5.74, 6) is -0.397. The fourth-order valence-electron chi connectivity index (χ4n) is 4.72. The van der Waals surface area contributed by atoms with Gasteiger partial charge >= 0.3 is 0 Å². The van der Waals surface area contributed by atoms with E-state index in [4.69, 9.17) is 5.26 Å². The largest absolute Gasteiger partial charge is 0.347 e. The average molecular weight is 563 g/mol. The van der Waals surface area contributed by atoms with Crippen LogP contribution in [-0.2, 0) is 24.3 Å². The van der Waals surface area contributed by atoms with Crippen LogP contribution >= 0.6 is 11.3 Å². The molecule has 9 heteroatoms. The van der Waals surface area contributed by atoms with Gasteiger partial charge in [-0.2, -0.15) is 5.26 Å². The highest BCUT2D eigenvalue weighted by molar-refractivity contribution is 7.20. The Morgan fingerprint density at radius 2 is 1.90 bits per heavy atom. The summed E-state index contributed by atoms with van der Waals surface area (Å²) in [6.45, 7) is 3.11. The zero-order chi connectivity index (χ0) is 28.6. The number of imidazole rings is 1. The molecule has 3 aromatic heterocycles. The molecule has 5 rings (SSSR count). The molecule has 0 radical (unpaired) electrons. The van der Waals surface area contributed by atoms with Crippen molar-refractivity contribution in [1.29, 1.82) is 5.26 Å². The lowest BCUT2D eigenvalue weighted by Crippen LogP contribution is -2.25. The first kappa shape index (κ1) is 27.7. The second-order valence-corrected chi connectivity index (χ2v) is 11.0. The fraction of sp³-hybridized carbons (Fsp3) is 0.219. The highest BCUT2D eigenvalue weighted by atomic mass is 32.1. The first-order chi connectivity index (χ1) is 20.0. The third-order valence-electron chi connectivity index (χ3n) is 6.88. The van der Waals surface area contributed by atoms with Gasteiger partial charge in [0.15, 0.2) is 0 Å². The summed E-state index contributed by atoms with van der Waals surface area (Å²) in [7, 11) is 0. The Balaban J connectivity index is 1.24. The fourth-order valence-corrected chi connectivity index (χ4v) is 5.68. The van der Waals surface area contributed by atoms with Crippen LogP contribution in [0.2, 0.25) is 0 Å². The molecule has 0 saturated heterocycles. The molecule has 0 saturated carbocycles. The van der Waals surface area contributed by atoms with Crippen LogP contribution in [0, 0.1) is 17.2 Å². The van der Waals surface area contributed by atoms with Gasteiger partial charge in [0, 0.05) is 60.1 Å². The standard InChI is InChI=1S/C32H30N6O2S/c1-2-4-25(14-28-19-35-21-38(28)20-23-8-6-22(16-33)7-9-23)31(39)37-27-10-11-29-26(13-27)15-30(41-29)32(40)36-18-24-5-3-12-34-17-24/h3,5-13,15,17,19,21,25H,2,4,14,18,20H2,1H3,(H,36,40)(H,37,39). The Kier molecular flexibility index (Phi) is 8.82. The lowest BCUT2D eigenvalue weighted by molar-refractivity contribution is -0.120. The molecular weight excluding hydrogens is 532 g/mol. The summed E-state index contributed by atoms with van der Waals surface area (Å²) in [4.78, 5) is 35.2. The molecule has 3 heterocycles. The van der Waals surface area contributed by atoms with E-state index >= 15 is 0 Å². The Morgan fingerprint density at radius 3 is 2.66 bits per heavy atom. The maximum absolute atomic E-state index is 13.4.